The molecule has 1 aromatic rings. The van der Waals surface area contributed by atoms with Gasteiger partial charge in [-0.25, -0.2) is 0 Å². The Bertz CT molecular complexity index is 555. The minimum atomic E-state index is -1.01. The zero-order chi connectivity index (χ0) is 14.0. The molecule has 1 heterocycles. The number of ether oxygens (including phenoxy) is 1. The average Bonchev–Trinajstić information content (AvgIpc) is 2.74. The molecule has 0 aliphatic carbocycles. The molecule has 2 rings (SSSR count). The molecule has 0 bridgehead atoms. The third-order valence-corrected chi connectivity index (χ3v) is 3.61. The van der Waals surface area contributed by atoms with Gasteiger partial charge in [0.05, 0.1) is 30.5 Å². The second kappa shape index (κ2) is 5.08. The van der Waals surface area contributed by atoms with E-state index >= 15 is 0 Å². The Morgan fingerprint density at radius 2 is 2.42 bits per heavy atom. The second-order valence-corrected chi connectivity index (χ2v) is 5.17. The highest BCUT2D eigenvalue weighted by molar-refractivity contribution is 6.30. The summed E-state index contributed by atoms with van der Waals surface area (Å²) in [6, 6.07) is 6.50. The minimum Gasteiger partial charge on any atom is -0.481 e. The molecule has 6 heteroatoms. The molecule has 1 aromatic carbocycles. The Labute approximate surface area is 115 Å². The number of nitrogens with one attached hydrogen (secondary N) is 1. The van der Waals surface area contributed by atoms with Crippen LogP contribution in [0.5, 0.6) is 0 Å². The molecule has 2 N–H and O–H groups in total. The van der Waals surface area contributed by atoms with E-state index in [2.05, 4.69) is 5.32 Å². The first-order valence-corrected chi connectivity index (χ1v) is 6.12. The number of nitriles is 1. The molecule has 0 radical (unpaired) electrons. The molecule has 0 amide bonds. The van der Waals surface area contributed by atoms with Crippen LogP contribution in [0.2, 0.25) is 5.02 Å². The van der Waals surface area contributed by atoms with E-state index in [4.69, 9.17) is 21.6 Å². The number of aliphatic carboxylic acids is 1. The fourth-order valence-electron chi connectivity index (χ4n) is 2.01. The predicted octanol–water partition coefficient (Wildman–Crippen LogP) is 2.11. The van der Waals surface area contributed by atoms with E-state index in [0.29, 0.717) is 16.3 Å². The standard InChI is InChI=1S/C13H13ClN2O3/c1-13(12(17)18)7-19-6-11(13)16-10-3-2-9(14)4-8(10)5-15/h2-4,11,16H,6-7H2,1H3,(H,17,18). The molecule has 0 spiro atoms. The van der Waals surface area contributed by atoms with Crippen LogP contribution in [0.15, 0.2) is 18.2 Å². The van der Waals surface area contributed by atoms with E-state index in [0.717, 1.165) is 0 Å². The van der Waals surface area contributed by atoms with E-state index in [-0.39, 0.29) is 13.2 Å². The van der Waals surface area contributed by atoms with Crippen molar-refractivity contribution in [2.75, 3.05) is 18.5 Å². The van der Waals surface area contributed by atoms with E-state index < -0.39 is 17.4 Å². The molecule has 0 saturated carbocycles. The summed E-state index contributed by atoms with van der Waals surface area (Å²) in [4.78, 5) is 11.3. The van der Waals surface area contributed by atoms with Crippen molar-refractivity contribution in [2.45, 2.75) is 13.0 Å². The number of nitrogens with zero attached hydrogens (tertiary/aromatic N) is 1. The number of hydrogen-bond acceptors (Lipinski definition) is 4. The minimum absolute atomic E-state index is 0.148. The lowest BCUT2D eigenvalue weighted by atomic mass is 9.85. The molecule has 2 atom stereocenters. The SMILES string of the molecule is CC1(C(=O)O)COCC1Nc1ccc(Cl)cc1C#N. The third-order valence-electron chi connectivity index (χ3n) is 3.38. The van der Waals surface area contributed by atoms with Crippen molar-refractivity contribution in [1.82, 2.24) is 0 Å². The van der Waals surface area contributed by atoms with Gasteiger partial charge in [-0.15, -0.1) is 0 Å². The smallest absolute Gasteiger partial charge is 0.313 e. The van der Waals surface area contributed by atoms with E-state index in [1.165, 1.54) is 6.07 Å². The Kier molecular flexibility index (Phi) is 3.65. The van der Waals surface area contributed by atoms with E-state index in [9.17, 15) is 9.90 Å². The quantitative estimate of drug-likeness (QED) is 0.886. The predicted molar refractivity (Wildman–Crippen MR) is 70.1 cm³/mol. The Hall–Kier alpha value is -1.77. The van der Waals surface area contributed by atoms with Crippen molar-refractivity contribution in [3.8, 4) is 6.07 Å². The third kappa shape index (κ3) is 2.50. The van der Waals surface area contributed by atoms with Gasteiger partial charge in [-0.05, 0) is 25.1 Å². The lowest BCUT2D eigenvalue weighted by Gasteiger charge is -2.26. The summed E-state index contributed by atoms with van der Waals surface area (Å²) in [5, 5.41) is 21.9. The number of benzene rings is 1. The maximum absolute atomic E-state index is 11.3. The Balaban J connectivity index is 2.27. The van der Waals surface area contributed by atoms with Gasteiger partial charge in [0, 0.05) is 5.02 Å². The number of hydrogen-bond donors (Lipinski definition) is 2. The van der Waals surface area contributed by atoms with E-state index in [1.807, 2.05) is 6.07 Å². The lowest BCUT2D eigenvalue weighted by molar-refractivity contribution is -0.148. The van der Waals surface area contributed by atoms with E-state index in [1.54, 1.807) is 19.1 Å². The highest BCUT2D eigenvalue weighted by Gasteiger charge is 2.46. The molecule has 2 unspecified atom stereocenters. The summed E-state index contributed by atoms with van der Waals surface area (Å²) >= 11 is 5.82. The summed E-state index contributed by atoms with van der Waals surface area (Å²) in [6.45, 7) is 2.06. The van der Waals surface area contributed by atoms with Gasteiger partial charge in [-0.2, -0.15) is 5.26 Å². The zero-order valence-electron chi connectivity index (χ0n) is 10.3. The van der Waals surface area contributed by atoms with Crippen LogP contribution >= 0.6 is 11.6 Å². The average molecular weight is 281 g/mol. The number of anilines is 1. The van der Waals surface area contributed by atoms with Gasteiger partial charge in [0.2, 0.25) is 0 Å². The molecule has 1 saturated heterocycles. The van der Waals surface area contributed by atoms with Crippen molar-refractivity contribution in [2.24, 2.45) is 5.41 Å². The zero-order valence-corrected chi connectivity index (χ0v) is 11.1. The largest absolute Gasteiger partial charge is 0.481 e. The van der Waals surface area contributed by atoms with Gasteiger partial charge in [0.25, 0.3) is 0 Å². The van der Waals surface area contributed by atoms with Crippen molar-refractivity contribution in [3.63, 3.8) is 0 Å². The summed E-state index contributed by atoms with van der Waals surface area (Å²) < 4.78 is 5.25. The number of carbonyl (C=O) groups is 1. The maximum Gasteiger partial charge on any atom is 0.313 e. The molecule has 1 fully saturated rings. The Morgan fingerprint density at radius 1 is 1.68 bits per heavy atom. The molecule has 0 aromatic heterocycles. The summed E-state index contributed by atoms with van der Waals surface area (Å²) in [5.74, 6) is -0.921. The van der Waals surface area contributed by atoms with Gasteiger partial charge in [-0.3, -0.25) is 4.79 Å². The van der Waals surface area contributed by atoms with Crippen molar-refractivity contribution in [1.29, 1.82) is 5.26 Å². The van der Waals surface area contributed by atoms with Crippen LogP contribution in [0.4, 0.5) is 5.69 Å². The summed E-state index contributed by atoms with van der Waals surface area (Å²) in [7, 11) is 0. The van der Waals surface area contributed by atoms with Crippen LogP contribution in [-0.2, 0) is 9.53 Å². The van der Waals surface area contributed by atoms with Gasteiger partial charge >= 0.3 is 5.97 Å². The van der Waals surface area contributed by atoms with Crippen LogP contribution in [0.25, 0.3) is 0 Å². The Morgan fingerprint density at radius 3 is 3.05 bits per heavy atom. The van der Waals surface area contributed by atoms with Crippen molar-refractivity contribution in [3.05, 3.63) is 28.8 Å². The van der Waals surface area contributed by atoms with Gasteiger partial charge in [0.1, 0.15) is 11.5 Å². The molecule has 5 nitrogen and oxygen atoms in total. The van der Waals surface area contributed by atoms with Gasteiger partial charge < -0.3 is 15.2 Å². The van der Waals surface area contributed by atoms with Crippen LogP contribution in [-0.4, -0.2) is 30.3 Å². The van der Waals surface area contributed by atoms with Crippen LogP contribution < -0.4 is 5.32 Å². The van der Waals surface area contributed by atoms with Crippen LogP contribution in [0.3, 0.4) is 0 Å². The monoisotopic (exact) mass is 280 g/mol. The number of halogens is 1. The van der Waals surface area contributed by atoms with Gasteiger partial charge in [0.15, 0.2) is 0 Å². The molecule has 19 heavy (non-hydrogen) atoms. The topological polar surface area (TPSA) is 82.3 Å². The van der Waals surface area contributed by atoms with Crippen molar-refractivity contribution >= 4 is 23.3 Å². The fourth-order valence-corrected chi connectivity index (χ4v) is 2.18. The molecule has 1 aliphatic rings. The van der Waals surface area contributed by atoms with Crippen LogP contribution in [0.1, 0.15) is 12.5 Å². The molecular weight excluding hydrogens is 268 g/mol. The first-order valence-electron chi connectivity index (χ1n) is 5.74. The highest BCUT2D eigenvalue weighted by atomic mass is 35.5. The summed E-state index contributed by atoms with van der Waals surface area (Å²) in [6.07, 6.45) is 0. The second-order valence-electron chi connectivity index (χ2n) is 4.74. The maximum atomic E-state index is 11.3. The molecule has 100 valence electrons. The van der Waals surface area contributed by atoms with Crippen LogP contribution in [0, 0.1) is 16.7 Å². The van der Waals surface area contributed by atoms with Gasteiger partial charge in [-0.1, -0.05) is 11.6 Å². The fraction of sp³-hybridized carbons (Fsp3) is 0.385. The number of carboxylic acid groups (broad SMARTS) is 1. The summed E-state index contributed by atoms with van der Waals surface area (Å²) in [5.41, 5.74) is -0.0613. The van der Waals surface area contributed by atoms with Crippen molar-refractivity contribution < 1.29 is 14.6 Å². The first-order chi connectivity index (χ1) is 8.97. The molecular formula is C13H13ClN2O3. The molecule has 1 aliphatic heterocycles. The number of carboxylic acids is 1. The lowest BCUT2D eigenvalue weighted by Crippen LogP contribution is -2.43. The number of rotatable bonds is 3. The highest BCUT2D eigenvalue weighted by Crippen LogP contribution is 2.32. The normalized spacial score (nSPS) is 25.8. The first kappa shape index (κ1) is 13.7.